The molecule has 0 bridgehead atoms. The zero-order chi connectivity index (χ0) is 11.9. The number of ether oxygens (including phenoxy) is 1. The monoisotopic (exact) mass is 240 g/mol. The Morgan fingerprint density at radius 1 is 1.44 bits per heavy atom. The predicted octanol–water partition coefficient (Wildman–Crippen LogP) is 1.19. The average Bonchev–Trinajstić information content (AvgIpc) is 2.49. The summed E-state index contributed by atoms with van der Waals surface area (Å²) < 4.78 is 28.3. The first-order valence-electron chi connectivity index (χ1n) is 4.92. The van der Waals surface area contributed by atoms with Gasteiger partial charge in [0.25, 0.3) is 0 Å². The molecule has 16 heavy (non-hydrogen) atoms. The molecule has 4 nitrogen and oxygen atoms in total. The Kier molecular flexibility index (Phi) is 2.50. The lowest BCUT2D eigenvalue weighted by molar-refractivity contribution is 0.0600. The van der Waals surface area contributed by atoms with Crippen molar-refractivity contribution in [2.75, 3.05) is 7.11 Å². The molecular weight excluding hydrogens is 228 g/mol. The van der Waals surface area contributed by atoms with Gasteiger partial charge in [0.15, 0.2) is 9.84 Å². The van der Waals surface area contributed by atoms with E-state index < -0.39 is 21.1 Å². The molecule has 86 valence electrons. The minimum Gasteiger partial charge on any atom is -0.465 e. The molecule has 0 aliphatic carbocycles. The van der Waals surface area contributed by atoms with Gasteiger partial charge < -0.3 is 4.74 Å². The predicted molar refractivity (Wildman–Crippen MR) is 58.1 cm³/mol. The summed E-state index contributed by atoms with van der Waals surface area (Å²) in [6, 6.07) is 4.68. The minimum absolute atomic E-state index is 0.267. The second-order valence-corrected chi connectivity index (χ2v) is 6.21. The highest BCUT2D eigenvalue weighted by Gasteiger charge is 2.34. The molecule has 2 rings (SSSR count). The summed E-state index contributed by atoms with van der Waals surface area (Å²) in [6.45, 7) is 1.67. The second kappa shape index (κ2) is 3.59. The van der Waals surface area contributed by atoms with Gasteiger partial charge in [-0.25, -0.2) is 13.2 Å². The van der Waals surface area contributed by atoms with Crippen LogP contribution in [0.1, 0.15) is 22.8 Å². The van der Waals surface area contributed by atoms with Crippen molar-refractivity contribution in [1.82, 2.24) is 0 Å². The van der Waals surface area contributed by atoms with Crippen LogP contribution >= 0.6 is 0 Å². The Morgan fingerprint density at radius 2 is 2.12 bits per heavy atom. The molecule has 5 heteroatoms. The highest BCUT2D eigenvalue weighted by atomic mass is 32.2. The largest absolute Gasteiger partial charge is 0.465 e. The van der Waals surface area contributed by atoms with Crippen molar-refractivity contribution in [1.29, 1.82) is 0 Å². The van der Waals surface area contributed by atoms with Crippen LogP contribution in [0.4, 0.5) is 0 Å². The van der Waals surface area contributed by atoms with Crippen LogP contribution in [0.15, 0.2) is 23.1 Å². The molecule has 1 unspecified atom stereocenters. The van der Waals surface area contributed by atoms with E-state index in [-0.39, 0.29) is 10.5 Å². The normalized spacial score (nSPS) is 21.5. The lowest BCUT2D eigenvalue weighted by Gasteiger charge is -2.03. The van der Waals surface area contributed by atoms with Gasteiger partial charge in [-0.1, -0.05) is 6.07 Å². The molecule has 0 saturated carbocycles. The SMILES string of the molecule is COC(=O)c1ccc2c(c1)S(=O)(=O)C(C)C2. The fourth-order valence-electron chi connectivity index (χ4n) is 1.87. The summed E-state index contributed by atoms with van der Waals surface area (Å²) in [6.07, 6.45) is 0.513. The Morgan fingerprint density at radius 3 is 2.75 bits per heavy atom. The van der Waals surface area contributed by atoms with Gasteiger partial charge in [0.05, 0.1) is 22.8 Å². The minimum atomic E-state index is -3.26. The van der Waals surface area contributed by atoms with Crippen molar-refractivity contribution in [2.45, 2.75) is 23.5 Å². The number of methoxy groups -OCH3 is 1. The van der Waals surface area contributed by atoms with E-state index >= 15 is 0 Å². The van der Waals surface area contributed by atoms with E-state index in [1.54, 1.807) is 19.1 Å². The Hall–Kier alpha value is -1.36. The topological polar surface area (TPSA) is 60.4 Å². The molecule has 1 aromatic rings. The summed E-state index contributed by atoms with van der Waals surface area (Å²) in [7, 11) is -1.99. The summed E-state index contributed by atoms with van der Waals surface area (Å²) in [4.78, 5) is 11.6. The van der Waals surface area contributed by atoms with E-state index in [0.717, 1.165) is 5.56 Å². The van der Waals surface area contributed by atoms with Gasteiger partial charge in [-0.3, -0.25) is 0 Å². The molecule has 0 N–H and O–H groups in total. The first kappa shape index (κ1) is 11.1. The van der Waals surface area contributed by atoms with Gasteiger partial charge in [-0.2, -0.15) is 0 Å². The average molecular weight is 240 g/mol. The van der Waals surface area contributed by atoms with Crippen LogP contribution in [0.3, 0.4) is 0 Å². The summed E-state index contributed by atoms with van der Waals surface area (Å²) in [5, 5.41) is -0.407. The molecular formula is C11H12O4S. The number of hydrogen-bond acceptors (Lipinski definition) is 4. The Labute approximate surface area is 94.2 Å². The molecule has 1 heterocycles. The van der Waals surface area contributed by atoms with Gasteiger partial charge in [0, 0.05) is 0 Å². The maximum atomic E-state index is 11.9. The molecule has 1 atom stereocenters. The van der Waals surface area contributed by atoms with Gasteiger partial charge >= 0.3 is 5.97 Å². The van der Waals surface area contributed by atoms with Crippen molar-refractivity contribution >= 4 is 15.8 Å². The lowest BCUT2D eigenvalue weighted by atomic mass is 10.1. The first-order valence-corrected chi connectivity index (χ1v) is 6.46. The van der Waals surface area contributed by atoms with Crippen molar-refractivity contribution in [3.05, 3.63) is 29.3 Å². The third-order valence-electron chi connectivity index (χ3n) is 2.83. The highest BCUT2D eigenvalue weighted by molar-refractivity contribution is 7.92. The Balaban J connectivity index is 2.57. The maximum absolute atomic E-state index is 11.9. The fourth-order valence-corrected chi connectivity index (χ4v) is 3.51. The molecule has 0 radical (unpaired) electrons. The zero-order valence-electron chi connectivity index (χ0n) is 9.06. The maximum Gasteiger partial charge on any atom is 0.337 e. The summed E-state index contributed by atoms with van der Waals surface area (Å²) in [5.74, 6) is -0.516. The first-order chi connectivity index (χ1) is 7.46. The van der Waals surface area contributed by atoms with Crippen LogP contribution in [0, 0.1) is 0 Å². The third-order valence-corrected chi connectivity index (χ3v) is 5.05. The van der Waals surface area contributed by atoms with E-state index in [1.165, 1.54) is 13.2 Å². The van der Waals surface area contributed by atoms with Crippen molar-refractivity contribution in [2.24, 2.45) is 0 Å². The van der Waals surface area contributed by atoms with Crippen molar-refractivity contribution in [3.63, 3.8) is 0 Å². The molecule has 0 spiro atoms. The standard InChI is InChI=1S/C11H12O4S/c1-7-5-8-3-4-9(11(12)15-2)6-10(8)16(7,13)14/h3-4,6-7H,5H2,1-2H3. The van der Waals surface area contributed by atoms with Gasteiger partial charge in [-0.15, -0.1) is 0 Å². The third kappa shape index (κ3) is 1.51. The number of benzene rings is 1. The molecule has 1 aromatic carbocycles. The second-order valence-electron chi connectivity index (χ2n) is 3.87. The van der Waals surface area contributed by atoms with Crippen LogP contribution < -0.4 is 0 Å². The highest BCUT2D eigenvalue weighted by Crippen LogP contribution is 2.31. The van der Waals surface area contributed by atoms with Crippen LogP contribution in [0.25, 0.3) is 0 Å². The summed E-state index contributed by atoms with van der Waals surface area (Å²) >= 11 is 0. The van der Waals surface area contributed by atoms with Crippen molar-refractivity contribution < 1.29 is 17.9 Å². The van der Waals surface area contributed by atoms with E-state index in [4.69, 9.17) is 0 Å². The number of carbonyl (C=O) groups is 1. The molecule has 0 aromatic heterocycles. The zero-order valence-corrected chi connectivity index (χ0v) is 9.87. The van der Waals surface area contributed by atoms with Crippen molar-refractivity contribution in [3.8, 4) is 0 Å². The number of hydrogen-bond donors (Lipinski definition) is 0. The molecule has 0 fully saturated rings. The van der Waals surface area contributed by atoms with Crippen LogP contribution in [-0.2, 0) is 21.0 Å². The van der Waals surface area contributed by atoms with E-state index in [0.29, 0.717) is 6.42 Å². The van der Waals surface area contributed by atoms with Gasteiger partial charge in [0.2, 0.25) is 0 Å². The van der Waals surface area contributed by atoms with Crippen LogP contribution in [0.5, 0.6) is 0 Å². The van der Waals surface area contributed by atoms with Crippen LogP contribution in [0.2, 0.25) is 0 Å². The van der Waals surface area contributed by atoms with E-state index in [1.807, 2.05) is 0 Å². The number of carbonyl (C=O) groups excluding carboxylic acids is 1. The lowest BCUT2D eigenvalue weighted by Crippen LogP contribution is -2.12. The number of rotatable bonds is 1. The quantitative estimate of drug-likeness (QED) is 0.692. The molecule has 1 aliphatic rings. The van der Waals surface area contributed by atoms with E-state index in [2.05, 4.69) is 4.74 Å². The van der Waals surface area contributed by atoms with Gasteiger partial charge in [0.1, 0.15) is 0 Å². The molecule has 1 aliphatic heterocycles. The number of esters is 1. The summed E-state index contributed by atoms with van der Waals surface area (Å²) in [5.41, 5.74) is 1.05. The molecule has 0 saturated heterocycles. The van der Waals surface area contributed by atoms with E-state index in [9.17, 15) is 13.2 Å². The number of sulfone groups is 1. The number of fused-ring (bicyclic) bond motifs is 1. The smallest absolute Gasteiger partial charge is 0.337 e. The fraction of sp³-hybridized carbons (Fsp3) is 0.364. The van der Waals surface area contributed by atoms with Gasteiger partial charge in [-0.05, 0) is 31.0 Å². The Bertz CT molecular complexity index is 545. The van der Waals surface area contributed by atoms with Crippen LogP contribution in [-0.4, -0.2) is 26.7 Å². The molecule has 0 amide bonds.